The van der Waals surface area contributed by atoms with Crippen LogP contribution in [0, 0.1) is 0 Å². The van der Waals surface area contributed by atoms with E-state index in [4.69, 9.17) is 4.52 Å². The summed E-state index contributed by atoms with van der Waals surface area (Å²) in [5, 5.41) is 7.62. The number of rotatable bonds is 4. The Morgan fingerprint density at radius 1 is 1.24 bits per heavy atom. The van der Waals surface area contributed by atoms with E-state index in [9.17, 15) is 0 Å². The molecule has 0 radical (unpaired) electrons. The van der Waals surface area contributed by atoms with E-state index in [0.717, 1.165) is 30.2 Å². The van der Waals surface area contributed by atoms with E-state index >= 15 is 0 Å². The van der Waals surface area contributed by atoms with Crippen LogP contribution in [-0.4, -0.2) is 22.4 Å². The third-order valence-corrected chi connectivity index (χ3v) is 4.62. The van der Waals surface area contributed by atoms with Gasteiger partial charge in [0.25, 0.3) is 0 Å². The molecule has 0 bridgehead atoms. The summed E-state index contributed by atoms with van der Waals surface area (Å²) in [6, 6.07) is 8.57. The van der Waals surface area contributed by atoms with E-state index in [0.29, 0.717) is 5.82 Å². The zero-order chi connectivity index (χ0) is 14.5. The first-order valence-corrected chi connectivity index (χ1v) is 8.65. The van der Waals surface area contributed by atoms with Crippen molar-refractivity contribution in [2.45, 2.75) is 43.5 Å². The Kier molecular flexibility index (Phi) is 4.93. The molecule has 5 heteroatoms. The highest BCUT2D eigenvalue weighted by molar-refractivity contribution is 7.99. The molecule has 0 saturated carbocycles. The first kappa shape index (κ1) is 14.6. The molecule has 1 atom stereocenters. The summed E-state index contributed by atoms with van der Waals surface area (Å²) in [7, 11) is 0. The normalized spacial score (nSPS) is 19.4. The Morgan fingerprint density at radius 3 is 2.90 bits per heavy atom. The maximum atomic E-state index is 5.46. The molecule has 112 valence electrons. The van der Waals surface area contributed by atoms with Gasteiger partial charge in [-0.2, -0.15) is 4.98 Å². The second-order valence-electron chi connectivity index (χ2n) is 5.27. The van der Waals surface area contributed by atoms with Gasteiger partial charge in [0.05, 0.1) is 6.04 Å². The van der Waals surface area contributed by atoms with E-state index in [1.165, 1.54) is 24.2 Å². The van der Waals surface area contributed by atoms with Gasteiger partial charge in [-0.25, -0.2) is 0 Å². The van der Waals surface area contributed by atoms with Crippen LogP contribution in [0.3, 0.4) is 0 Å². The average molecular weight is 303 g/mol. The largest absolute Gasteiger partial charge is 0.337 e. The summed E-state index contributed by atoms with van der Waals surface area (Å²) in [5.41, 5.74) is 1.01. The highest BCUT2D eigenvalue weighted by atomic mass is 32.2. The molecule has 1 N–H and O–H groups in total. The maximum absolute atomic E-state index is 5.46. The third-order valence-electron chi connectivity index (χ3n) is 3.72. The predicted octanol–water partition coefficient (Wildman–Crippen LogP) is 4.05. The lowest BCUT2D eigenvalue weighted by molar-refractivity contribution is 0.327. The zero-order valence-corrected chi connectivity index (χ0v) is 13.2. The van der Waals surface area contributed by atoms with Crippen LogP contribution < -0.4 is 5.32 Å². The van der Waals surface area contributed by atoms with Crippen LogP contribution >= 0.6 is 11.8 Å². The van der Waals surface area contributed by atoms with Gasteiger partial charge in [-0.05, 0) is 49.4 Å². The first-order valence-electron chi connectivity index (χ1n) is 7.67. The van der Waals surface area contributed by atoms with Crippen LogP contribution in [0.1, 0.15) is 44.5 Å². The van der Waals surface area contributed by atoms with Crippen molar-refractivity contribution < 1.29 is 4.52 Å². The fraction of sp³-hybridized carbons (Fsp3) is 0.500. The van der Waals surface area contributed by atoms with Crippen LogP contribution in [0.5, 0.6) is 0 Å². The van der Waals surface area contributed by atoms with Crippen molar-refractivity contribution in [1.82, 2.24) is 15.5 Å². The molecule has 1 aliphatic rings. The number of aromatic nitrogens is 2. The quantitative estimate of drug-likeness (QED) is 0.863. The molecule has 2 aromatic rings. The number of hydrogen-bond donors (Lipinski definition) is 1. The van der Waals surface area contributed by atoms with Gasteiger partial charge in [-0.3, -0.25) is 0 Å². The van der Waals surface area contributed by atoms with Crippen LogP contribution in [0.15, 0.2) is 33.7 Å². The number of benzene rings is 1. The molecular formula is C16H21N3OS. The molecule has 4 nitrogen and oxygen atoms in total. The fourth-order valence-corrected chi connectivity index (χ4v) is 3.26. The van der Waals surface area contributed by atoms with Gasteiger partial charge >= 0.3 is 0 Å². The molecule has 1 fully saturated rings. The second-order valence-corrected chi connectivity index (χ2v) is 6.61. The monoisotopic (exact) mass is 303 g/mol. The summed E-state index contributed by atoms with van der Waals surface area (Å²) in [6.07, 6.45) is 4.81. The third kappa shape index (κ3) is 3.66. The van der Waals surface area contributed by atoms with Gasteiger partial charge in [-0.1, -0.05) is 24.9 Å². The number of hydrogen-bond acceptors (Lipinski definition) is 5. The predicted molar refractivity (Wildman–Crippen MR) is 85.3 cm³/mol. The van der Waals surface area contributed by atoms with Crippen molar-refractivity contribution >= 4 is 11.8 Å². The van der Waals surface area contributed by atoms with E-state index in [-0.39, 0.29) is 6.04 Å². The molecule has 21 heavy (non-hydrogen) atoms. The second kappa shape index (κ2) is 7.09. The van der Waals surface area contributed by atoms with Gasteiger partial charge < -0.3 is 9.84 Å². The molecule has 1 aromatic carbocycles. The highest BCUT2D eigenvalue weighted by Gasteiger charge is 2.20. The highest BCUT2D eigenvalue weighted by Crippen LogP contribution is 2.25. The van der Waals surface area contributed by atoms with Crippen LogP contribution in [0.4, 0.5) is 0 Å². The van der Waals surface area contributed by atoms with Crippen molar-refractivity contribution in [2.75, 3.05) is 12.3 Å². The zero-order valence-electron chi connectivity index (χ0n) is 12.3. The minimum absolute atomic E-state index is 0.212. The van der Waals surface area contributed by atoms with E-state index in [1.54, 1.807) is 0 Å². The fourth-order valence-electron chi connectivity index (χ4n) is 2.60. The van der Waals surface area contributed by atoms with Crippen molar-refractivity contribution in [3.05, 3.63) is 30.2 Å². The molecule has 3 rings (SSSR count). The van der Waals surface area contributed by atoms with E-state index in [2.05, 4.69) is 46.6 Å². The van der Waals surface area contributed by atoms with Gasteiger partial charge in [0.1, 0.15) is 0 Å². The maximum Gasteiger partial charge on any atom is 0.244 e. The molecule has 1 aliphatic heterocycles. The van der Waals surface area contributed by atoms with Crippen LogP contribution in [0.25, 0.3) is 11.4 Å². The Hall–Kier alpha value is -1.33. The van der Waals surface area contributed by atoms with Gasteiger partial charge in [0.15, 0.2) is 0 Å². The molecule has 0 spiro atoms. The standard InChI is InChI=1S/C16H21N3OS/c1-2-21-13-9-7-12(8-10-13)15-18-16(20-19-15)14-6-4-3-5-11-17-14/h7-10,14,17H,2-6,11H2,1H3. The Balaban J connectivity index is 1.74. The molecule has 2 heterocycles. The van der Waals surface area contributed by atoms with E-state index < -0.39 is 0 Å². The van der Waals surface area contributed by atoms with Crippen molar-refractivity contribution in [2.24, 2.45) is 0 Å². The van der Waals surface area contributed by atoms with Crippen molar-refractivity contribution in [1.29, 1.82) is 0 Å². The molecule has 1 aromatic heterocycles. The minimum Gasteiger partial charge on any atom is -0.337 e. The SMILES string of the molecule is CCSc1ccc(-c2noc(C3CCCCCN3)n2)cc1. The lowest BCUT2D eigenvalue weighted by atomic mass is 10.1. The molecule has 0 amide bonds. The van der Waals surface area contributed by atoms with Gasteiger partial charge in [-0.15, -0.1) is 11.8 Å². The minimum atomic E-state index is 0.212. The molecule has 0 aliphatic carbocycles. The molecule has 1 saturated heterocycles. The molecular weight excluding hydrogens is 282 g/mol. The smallest absolute Gasteiger partial charge is 0.244 e. The van der Waals surface area contributed by atoms with Gasteiger partial charge in [0.2, 0.25) is 11.7 Å². The Bertz CT molecular complexity index is 559. The summed E-state index contributed by atoms with van der Waals surface area (Å²) < 4.78 is 5.46. The number of thioether (sulfide) groups is 1. The lowest BCUT2D eigenvalue weighted by Gasteiger charge is -2.09. The number of nitrogens with one attached hydrogen (secondary N) is 1. The summed E-state index contributed by atoms with van der Waals surface area (Å²) in [4.78, 5) is 5.85. The summed E-state index contributed by atoms with van der Waals surface area (Å²) in [5.74, 6) is 2.49. The summed E-state index contributed by atoms with van der Waals surface area (Å²) in [6.45, 7) is 3.19. The van der Waals surface area contributed by atoms with Crippen LogP contribution in [0.2, 0.25) is 0 Å². The molecule has 1 unspecified atom stereocenters. The average Bonchev–Trinajstić information content (AvgIpc) is 2.84. The first-order chi connectivity index (χ1) is 10.4. The Morgan fingerprint density at radius 2 is 2.10 bits per heavy atom. The van der Waals surface area contributed by atoms with Crippen molar-refractivity contribution in [3.8, 4) is 11.4 Å². The van der Waals surface area contributed by atoms with Crippen LogP contribution in [-0.2, 0) is 0 Å². The summed E-state index contributed by atoms with van der Waals surface area (Å²) >= 11 is 1.84. The van der Waals surface area contributed by atoms with Gasteiger partial charge in [0, 0.05) is 10.5 Å². The topological polar surface area (TPSA) is 51.0 Å². The Labute approximate surface area is 129 Å². The van der Waals surface area contributed by atoms with E-state index in [1.807, 2.05) is 11.8 Å². The van der Waals surface area contributed by atoms with Crippen molar-refractivity contribution in [3.63, 3.8) is 0 Å². The lowest BCUT2D eigenvalue weighted by Crippen LogP contribution is -2.20. The number of nitrogens with zero attached hydrogens (tertiary/aromatic N) is 2.